The summed E-state index contributed by atoms with van der Waals surface area (Å²) in [6.45, 7) is 2.36. The van der Waals surface area contributed by atoms with Crippen molar-refractivity contribution in [2.45, 2.75) is 107 Å². The zero-order chi connectivity index (χ0) is 55.6. The number of hydrogen-bond donors (Lipinski definition) is 12. The number of benzene rings is 3. The van der Waals surface area contributed by atoms with Crippen molar-refractivity contribution in [3.05, 3.63) is 101 Å². The number of amides is 6. The minimum Gasteiger partial charge on any atom is -0.449 e. The molecule has 0 unspecified atom stereocenters. The highest BCUT2D eigenvalue weighted by Gasteiger charge is 2.34. The third-order valence-corrected chi connectivity index (χ3v) is 15.4. The predicted octanol–water partition coefficient (Wildman–Crippen LogP) is 2.48. The number of thioether (sulfide) groups is 1. The average Bonchev–Trinajstić information content (AvgIpc) is 4.31. The van der Waals surface area contributed by atoms with Crippen LogP contribution in [0.1, 0.15) is 86.0 Å². The van der Waals surface area contributed by atoms with E-state index in [1.54, 1.807) is 18.2 Å². The molecule has 2 aliphatic rings. The lowest BCUT2D eigenvalue weighted by Crippen LogP contribution is -2.58. The molecule has 2 aromatic heterocycles. The molecular formula is C53H68N14O9S2. The van der Waals surface area contributed by atoms with Gasteiger partial charge in [-0.25, -0.2) is 14.8 Å². The second-order valence-corrected chi connectivity index (χ2v) is 20.9. The molecule has 0 spiro atoms. The Morgan fingerprint density at radius 2 is 1.42 bits per heavy atom. The maximum Gasteiger partial charge on any atom is 0.407 e. The Kier molecular flexibility index (Phi) is 21.5. The summed E-state index contributed by atoms with van der Waals surface area (Å²) in [6, 6.07) is 15.5. The number of rotatable bonds is 28. The minimum atomic E-state index is -1.58. The third kappa shape index (κ3) is 16.3. The van der Waals surface area contributed by atoms with Crippen LogP contribution in [-0.2, 0) is 35.1 Å². The van der Waals surface area contributed by atoms with Gasteiger partial charge in [0.25, 0.3) is 0 Å². The molecule has 0 saturated carbocycles. The number of nitrogens with one attached hydrogen (secondary N) is 8. The van der Waals surface area contributed by atoms with E-state index < -0.39 is 66.2 Å². The van der Waals surface area contributed by atoms with Gasteiger partial charge < -0.3 is 68.6 Å². The van der Waals surface area contributed by atoms with Crippen LogP contribution in [-0.4, -0.2) is 147 Å². The number of aromatic nitrogens is 3. The van der Waals surface area contributed by atoms with Crippen molar-refractivity contribution in [2.24, 2.45) is 21.5 Å². The molecule has 0 saturated heterocycles. The number of thiazole rings is 1. The number of hydrogen-bond acceptors (Lipinski definition) is 16. The molecule has 25 heteroatoms. The van der Waals surface area contributed by atoms with E-state index in [2.05, 4.69) is 62.2 Å². The Morgan fingerprint density at radius 1 is 0.795 bits per heavy atom. The largest absolute Gasteiger partial charge is 0.449 e. The number of unbranched alkanes of at least 4 members (excludes halogenated alkanes) is 2. The number of aromatic amines is 1. The van der Waals surface area contributed by atoms with Crippen molar-refractivity contribution in [1.29, 1.82) is 0 Å². The van der Waals surface area contributed by atoms with Crippen LogP contribution >= 0.6 is 23.1 Å². The molecule has 0 bridgehead atoms. The first-order valence-corrected chi connectivity index (χ1v) is 27.7. The van der Waals surface area contributed by atoms with Crippen molar-refractivity contribution in [3.8, 4) is 11.1 Å². The minimum absolute atomic E-state index is 0.00537. The number of nitrogens with zero attached hydrogens (tertiary/aromatic N) is 4. The van der Waals surface area contributed by atoms with E-state index in [1.165, 1.54) is 49.6 Å². The number of anilines is 1. The van der Waals surface area contributed by atoms with Gasteiger partial charge in [-0.15, -0.1) is 23.1 Å². The predicted molar refractivity (Wildman–Crippen MR) is 300 cm³/mol. The second kappa shape index (κ2) is 28.8. The molecule has 416 valence electrons. The number of aliphatic hydroxyl groups is 2. The van der Waals surface area contributed by atoms with Crippen LogP contribution in [0.2, 0.25) is 0 Å². The summed E-state index contributed by atoms with van der Waals surface area (Å²) >= 11 is 2.71. The summed E-state index contributed by atoms with van der Waals surface area (Å²) in [7, 11) is 1.53. The molecule has 5 aromatic rings. The van der Waals surface area contributed by atoms with E-state index in [0.717, 1.165) is 27.0 Å². The van der Waals surface area contributed by atoms with Crippen molar-refractivity contribution in [3.63, 3.8) is 0 Å². The molecule has 0 radical (unpaired) electrons. The molecule has 0 fully saturated rings. The van der Waals surface area contributed by atoms with Crippen molar-refractivity contribution >= 4 is 85.6 Å². The van der Waals surface area contributed by atoms with Crippen molar-refractivity contribution in [2.75, 3.05) is 44.4 Å². The fourth-order valence-electron chi connectivity index (χ4n) is 9.05. The number of carbonyl (C=O) groups excluding carboxylic acids is 6. The first-order valence-electron chi connectivity index (χ1n) is 25.9. The van der Waals surface area contributed by atoms with Crippen LogP contribution in [0.25, 0.3) is 21.3 Å². The second-order valence-electron chi connectivity index (χ2n) is 18.8. The summed E-state index contributed by atoms with van der Waals surface area (Å²) in [6.07, 6.45) is 3.02. The number of H-pyrrole nitrogens is 1. The van der Waals surface area contributed by atoms with Crippen LogP contribution in [0.3, 0.4) is 0 Å². The lowest BCUT2D eigenvalue weighted by atomic mass is 9.98. The first kappa shape index (κ1) is 58.2. The fraction of sp³-hybridized carbons (Fsp3) is 0.434. The maximum absolute atomic E-state index is 14.6. The van der Waals surface area contributed by atoms with Crippen LogP contribution < -0.4 is 48.7 Å². The van der Waals surface area contributed by atoms with Gasteiger partial charge in [-0.1, -0.05) is 48.5 Å². The number of ether oxygens (including phenoxy) is 1. The van der Waals surface area contributed by atoms with Crippen LogP contribution in [0, 0.1) is 0 Å². The van der Waals surface area contributed by atoms with Gasteiger partial charge in [-0.05, 0) is 98.4 Å². The summed E-state index contributed by atoms with van der Waals surface area (Å²) < 4.78 is 6.57. The Balaban J connectivity index is 1.06. The number of aliphatic imine (C=N–C) groups is 2. The molecule has 7 rings (SSSR count). The maximum atomic E-state index is 14.6. The molecule has 1 aliphatic carbocycles. The van der Waals surface area contributed by atoms with Crippen LogP contribution in [0.5, 0.6) is 0 Å². The lowest BCUT2D eigenvalue weighted by Gasteiger charge is -2.27. The standard InChI is InChI=1S/C53H68N14O9S2/c1-30(68)58-22-10-8-17-40(46(70)62-39(16-7-9-21-54)45(69)61-31-19-20-38-44(25-31)78-50(65-38)49-66-43(28-77-49)51(73)74)63-48(72)42(24-32-26-57-29-60-32)64-47(71)41(18-11-23-59-52(55)56-2)67-53(75)76-27-37-35-14-5-3-12-33(35)34-13-4-6-15-36(34)37/h3-6,12-15,19-20,25-26,29,37,39-43,51,73-74H,7-11,16-18,21-24,27-28,54H2,1-2H3,(H,57,60)(H,58,68)(H,61,69)(H,62,70)(H,63,72)(H,64,71)(H,67,75)(H3,55,56,59)/t39-,40-,41-,42-,43+/m0/s1. The van der Waals surface area contributed by atoms with E-state index in [9.17, 15) is 39.0 Å². The molecule has 14 N–H and O–H groups in total. The molecule has 3 aromatic carbocycles. The summed E-state index contributed by atoms with van der Waals surface area (Å²) in [4.78, 5) is 103. The summed E-state index contributed by atoms with van der Waals surface area (Å²) in [5.41, 5.74) is 17.4. The number of alkyl carbamates (subject to hydrolysis) is 1. The Bertz CT molecular complexity index is 2890. The van der Waals surface area contributed by atoms with Crippen molar-refractivity contribution in [1.82, 2.24) is 46.9 Å². The molecule has 6 amide bonds. The SMILES string of the molecule is CN=C(N)NCCC[C@H](NC(=O)OCC1c2ccccc2-c2ccccc21)C(=O)N[C@@H](Cc1cnc[nH]1)C(=O)N[C@@H](CCCCNC(C)=O)C(=O)N[C@@H](CCCCN)C(=O)Nc1ccc2nc(C3=N[C@@H](C(O)O)CS3)sc2c1. The molecule has 23 nitrogen and oxygen atoms in total. The number of fused-ring (bicyclic) bond motifs is 4. The van der Waals surface area contributed by atoms with Gasteiger partial charge in [-0.3, -0.25) is 34.0 Å². The highest BCUT2D eigenvalue weighted by Crippen LogP contribution is 2.44. The zero-order valence-corrected chi connectivity index (χ0v) is 45.1. The smallest absolute Gasteiger partial charge is 0.407 e. The van der Waals surface area contributed by atoms with Crippen molar-refractivity contribution < 1.29 is 43.7 Å². The van der Waals surface area contributed by atoms with Gasteiger partial charge in [0, 0.05) is 62.7 Å². The third-order valence-electron chi connectivity index (χ3n) is 13.1. The Labute approximate surface area is 459 Å². The fourth-order valence-corrected chi connectivity index (χ4v) is 11.2. The van der Waals surface area contributed by atoms with Crippen LogP contribution in [0.4, 0.5) is 10.5 Å². The molecule has 3 heterocycles. The van der Waals surface area contributed by atoms with Gasteiger partial charge in [0.2, 0.25) is 29.5 Å². The van der Waals surface area contributed by atoms with Gasteiger partial charge >= 0.3 is 6.09 Å². The molecule has 1 aliphatic heterocycles. The van der Waals surface area contributed by atoms with E-state index in [4.69, 9.17) is 16.2 Å². The topological polar surface area (TPSA) is 355 Å². The number of nitrogens with two attached hydrogens (primary N) is 2. The molecule has 5 atom stereocenters. The molecular weight excluding hydrogens is 1040 g/mol. The monoisotopic (exact) mass is 1110 g/mol. The Hall–Kier alpha value is -7.45. The van der Waals surface area contributed by atoms with Gasteiger partial charge in [0.05, 0.1) is 16.5 Å². The van der Waals surface area contributed by atoms with Crippen LogP contribution in [0.15, 0.2) is 89.2 Å². The van der Waals surface area contributed by atoms with E-state index in [1.807, 2.05) is 48.5 Å². The van der Waals surface area contributed by atoms with Gasteiger partial charge in [-0.2, -0.15) is 0 Å². The first-order chi connectivity index (χ1) is 37.7. The van der Waals surface area contributed by atoms with E-state index in [0.29, 0.717) is 84.4 Å². The van der Waals surface area contributed by atoms with E-state index in [-0.39, 0.29) is 50.1 Å². The van der Waals surface area contributed by atoms with E-state index >= 15 is 0 Å². The quantitative estimate of drug-likeness (QED) is 0.0148. The average molecular weight is 1110 g/mol. The number of guanidine groups is 1. The Morgan fingerprint density at radius 3 is 2.06 bits per heavy atom. The number of imidazole rings is 1. The van der Waals surface area contributed by atoms with Gasteiger partial charge in [0.1, 0.15) is 46.9 Å². The summed E-state index contributed by atoms with van der Waals surface area (Å²) in [5.74, 6) is -2.50. The van der Waals surface area contributed by atoms with Gasteiger partial charge in [0.15, 0.2) is 12.2 Å². The highest BCUT2D eigenvalue weighted by molar-refractivity contribution is 8.15. The lowest BCUT2D eigenvalue weighted by molar-refractivity contribution is -0.133. The normalized spacial score (nSPS) is 15.5. The summed E-state index contributed by atoms with van der Waals surface area (Å²) in [5, 5.41) is 40.3. The number of aliphatic hydroxyl groups excluding tert-OH is 1. The number of carbonyl (C=O) groups is 6. The zero-order valence-electron chi connectivity index (χ0n) is 43.5. The molecule has 78 heavy (non-hydrogen) atoms. The highest BCUT2D eigenvalue weighted by atomic mass is 32.2.